The smallest absolute Gasteiger partial charge is 0.153 e. The minimum absolute atomic E-state index is 0.371. The summed E-state index contributed by atoms with van der Waals surface area (Å²) in [5, 5.41) is 7.36. The van der Waals surface area contributed by atoms with E-state index in [0.717, 1.165) is 5.56 Å². The van der Waals surface area contributed by atoms with Gasteiger partial charge in [-0.25, -0.2) is 0 Å². The lowest BCUT2D eigenvalue weighted by Gasteiger charge is -2.08. The van der Waals surface area contributed by atoms with Gasteiger partial charge in [-0.05, 0) is 29.9 Å². The Balaban J connectivity index is 2.13. The van der Waals surface area contributed by atoms with Gasteiger partial charge in [0, 0.05) is 17.2 Å². The highest BCUT2D eigenvalue weighted by Crippen LogP contribution is 2.60. The van der Waals surface area contributed by atoms with E-state index >= 15 is 0 Å². The first-order valence-electron chi connectivity index (χ1n) is 6.40. The molecule has 1 aromatic heterocycles. The van der Waals surface area contributed by atoms with Gasteiger partial charge in [0.25, 0.3) is 0 Å². The molecule has 1 heterocycles. The highest BCUT2D eigenvalue weighted by molar-refractivity contribution is 5.79. The van der Waals surface area contributed by atoms with E-state index in [9.17, 15) is 0 Å². The molecule has 1 aromatic carbocycles. The van der Waals surface area contributed by atoms with Gasteiger partial charge < -0.3 is 5.73 Å². The van der Waals surface area contributed by atoms with Gasteiger partial charge >= 0.3 is 0 Å². The van der Waals surface area contributed by atoms with Crippen molar-refractivity contribution >= 4 is 5.82 Å². The molecule has 1 unspecified atom stereocenters. The molecule has 0 spiro atoms. The van der Waals surface area contributed by atoms with E-state index in [1.165, 1.54) is 23.2 Å². The van der Waals surface area contributed by atoms with E-state index in [0.29, 0.717) is 17.2 Å². The molecule has 0 aliphatic heterocycles. The molecule has 18 heavy (non-hydrogen) atoms. The largest absolute Gasteiger partial charge is 0.382 e. The third-order valence-electron chi connectivity index (χ3n) is 4.10. The Morgan fingerprint density at radius 2 is 2.00 bits per heavy atom. The molecule has 1 aliphatic carbocycles. The first-order valence-corrected chi connectivity index (χ1v) is 6.40. The number of aromatic amines is 1. The molecular formula is C15H19N3. The summed E-state index contributed by atoms with van der Waals surface area (Å²) in [6, 6.07) is 8.34. The minimum atomic E-state index is 0.371. The van der Waals surface area contributed by atoms with Crippen LogP contribution in [0.25, 0.3) is 11.1 Å². The van der Waals surface area contributed by atoms with Crippen molar-refractivity contribution in [1.82, 2.24) is 10.2 Å². The van der Waals surface area contributed by atoms with Crippen LogP contribution in [0.5, 0.6) is 0 Å². The van der Waals surface area contributed by atoms with Crippen molar-refractivity contribution in [2.24, 2.45) is 5.41 Å². The quantitative estimate of drug-likeness (QED) is 0.845. The summed E-state index contributed by atoms with van der Waals surface area (Å²) >= 11 is 0. The Labute approximate surface area is 107 Å². The summed E-state index contributed by atoms with van der Waals surface area (Å²) in [6.07, 6.45) is 1.20. The number of H-pyrrole nitrogens is 1. The standard InChI is InChI=1S/C15H19N3/c1-9-6-4-5-7-10(9)12-13(17-18-14(12)16)11-8-15(11,2)3/h4-7,11H,8H2,1-3H3,(H3,16,17,18). The van der Waals surface area contributed by atoms with Crippen LogP contribution in [0.3, 0.4) is 0 Å². The molecule has 3 rings (SSSR count). The van der Waals surface area contributed by atoms with E-state index in [2.05, 4.69) is 55.2 Å². The van der Waals surface area contributed by atoms with E-state index in [1.54, 1.807) is 0 Å². The number of nitrogens with one attached hydrogen (secondary N) is 1. The van der Waals surface area contributed by atoms with Crippen LogP contribution in [-0.4, -0.2) is 10.2 Å². The zero-order valence-corrected chi connectivity index (χ0v) is 11.1. The second kappa shape index (κ2) is 3.61. The van der Waals surface area contributed by atoms with E-state index in [-0.39, 0.29) is 0 Å². The lowest BCUT2D eigenvalue weighted by Crippen LogP contribution is -1.95. The summed E-state index contributed by atoms with van der Waals surface area (Å²) in [7, 11) is 0. The van der Waals surface area contributed by atoms with E-state index in [1.807, 2.05) is 0 Å². The van der Waals surface area contributed by atoms with Gasteiger partial charge in [0.05, 0.1) is 0 Å². The van der Waals surface area contributed by atoms with Crippen molar-refractivity contribution in [1.29, 1.82) is 0 Å². The maximum absolute atomic E-state index is 6.05. The first-order chi connectivity index (χ1) is 8.50. The molecule has 3 heteroatoms. The van der Waals surface area contributed by atoms with Gasteiger partial charge in [0.2, 0.25) is 0 Å². The Kier molecular flexibility index (Phi) is 2.27. The molecule has 0 radical (unpaired) electrons. The first kappa shape index (κ1) is 11.3. The fourth-order valence-corrected chi connectivity index (χ4v) is 2.72. The fourth-order valence-electron chi connectivity index (χ4n) is 2.72. The van der Waals surface area contributed by atoms with Crippen LogP contribution in [-0.2, 0) is 0 Å². The Morgan fingerprint density at radius 3 is 2.61 bits per heavy atom. The molecule has 3 nitrogen and oxygen atoms in total. The maximum Gasteiger partial charge on any atom is 0.153 e. The normalized spacial score (nSPS) is 20.9. The summed E-state index contributed by atoms with van der Waals surface area (Å²) in [5.74, 6) is 1.17. The van der Waals surface area contributed by atoms with Crippen LogP contribution < -0.4 is 5.73 Å². The average molecular weight is 241 g/mol. The number of hydrogen-bond acceptors (Lipinski definition) is 2. The number of nitrogens with zero attached hydrogens (tertiary/aromatic N) is 1. The second-order valence-electron chi connectivity index (χ2n) is 5.96. The van der Waals surface area contributed by atoms with Crippen molar-refractivity contribution in [2.45, 2.75) is 33.1 Å². The molecule has 2 aromatic rings. The van der Waals surface area contributed by atoms with Crippen LogP contribution >= 0.6 is 0 Å². The molecule has 0 amide bonds. The molecule has 3 N–H and O–H groups in total. The van der Waals surface area contributed by atoms with Gasteiger partial charge in [0.1, 0.15) is 0 Å². The van der Waals surface area contributed by atoms with Crippen molar-refractivity contribution in [3.8, 4) is 11.1 Å². The molecule has 94 valence electrons. The number of aryl methyl sites for hydroxylation is 1. The van der Waals surface area contributed by atoms with Gasteiger partial charge in [-0.15, -0.1) is 0 Å². The van der Waals surface area contributed by atoms with Crippen LogP contribution in [0, 0.1) is 12.3 Å². The Hall–Kier alpha value is -1.77. The highest BCUT2D eigenvalue weighted by atomic mass is 15.2. The predicted octanol–water partition coefficient (Wildman–Crippen LogP) is 3.48. The average Bonchev–Trinajstić information content (AvgIpc) is 2.78. The summed E-state index contributed by atoms with van der Waals surface area (Å²) in [4.78, 5) is 0. The van der Waals surface area contributed by atoms with Gasteiger partial charge in [-0.3, -0.25) is 5.10 Å². The van der Waals surface area contributed by atoms with Crippen molar-refractivity contribution < 1.29 is 0 Å². The maximum atomic E-state index is 6.05. The molecular weight excluding hydrogens is 222 g/mol. The van der Waals surface area contributed by atoms with Crippen molar-refractivity contribution in [2.75, 3.05) is 5.73 Å². The number of aromatic nitrogens is 2. The van der Waals surface area contributed by atoms with Crippen LogP contribution in [0.15, 0.2) is 24.3 Å². The topological polar surface area (TPSA) is 54.7 Å². The molecule has 1 atom stereocenters. The third-order valence-corrected chi connectivity index (χ3v) is 4.10. The number of nitrogens with two attached hydrogens (primary N) is 1. The SMILES string of the molecule is Cc1ccccc1-c1c(N)n[nH]c1C1CC1(C)C. The number of rotatable bonds is 2. The summed E-state index contributed by atoms with van der Waals surface area (Å²) in [6.45, 7) is 6.69. The van der Waals surface area contributed by atoms with Crippen LogP contribution in [0.2, 0.25) is 0 Å². The number of anilines is 1. The molecule has 0 bridgehead atoms. The summed E-state index contributed by atoms with van der Waals surface area (Å²) < 4.78 is 0. The molecule has 1 aliphatic rings. The Morgan fingerprint density at radius 1 is 1.33 bits per heavy atom. The van der Waals surface area contributed by atoms with E-state index < -0.39 is 0 Å². The number of hydrogen-bond donors (Lipinski definition) is 2. The third kappa shape index (κ3) is 1.62. The van der Waals surface area contributed by atoms with Crippen molar-refractivity contribution in [3.05, 3.63) is 35.5 Å². The van der Waals surface area contributed by atoms with Gasteiger partial charge in [-0.1, -0.05) is 38.1 Å². The van der Waals surface area contributed by atoms with Crippen molar-refractivity contribution in [3.63, 3.8) is 0 Å². The van der Waals surface area contributed by atoms with Crippen LogP contribution in [0.4, 0.5) is 5.82 Å². The minimum Gasteiger partial charge on any atom is -0.382 e. The molecule has 1 fully saturated rings. The lowest BCUT2D eigenvalue weighted by molar-refractivity contribution is 0.615. The number of nitrogen functional groups attached to an aromatic ring is 1. The van der Waals surface area contributed by atoms with E-state index in [4.69, 9.17) is 5.73 Å². The monoisotopic (exact) mass is 241 g/mol. The number of benzene rings is 1. The molecule has 0 saturated heterocycles. The Bertz CT molecular complexity index is 596. The fraction of sp³-hybridized carbons (Fsp3) is 0.400. The molecule has 1 saturated carbocycles. The lowest BCUT2D eigenvalue weighted by atomic mass is 9.96. The van der Waals surface area contributed by atoms with Gasteiger partial charge in [-0.2, -0.15) is 5.10 Å². The summed E-state index contributed by atoms with van der Waals surface area (Å²) in [5.41, 5.74) is 11.2. The second-order valence-corrected chi connectivity index (χ2v) is 5.96. The predicted molar refractivity (Wildman–Crippen MR) is 74.3 cm³/mol. The van der Waals surface area contributed by atoms with Crippen LogP contribution in [0.1, 0.15) is 37.4 Å². The zero-order chi connectivity index (χ0) is 12.9. The van der Waals surface area contributed by atoms with Gasteiger partial charge in [0.15, 0.2) is 5.82 Å². The highest BCUT2D eigenvalue weighted by Gasteiger charge is 2.49. The zero-order valence-electron chi connectivity index (χ0n) is 11.1.